The maximum absolute atomic E-state index is 13.4. The molecule has 11 heteroatoms. The number of piperazine rings is 1. The van der Waals surface area contributed by atoms with Gasteiger partial charge in [0, 0.05) is 32.3 Å². The van der Waals surface area contributed by atoms with Crippen molar-refractivity contribution in [2.45, 2.75) is 4.90 Å². The van der Waals surface area contributed by atoms with Gasteiger partial charge in [0.15, 0.2) is 18.1 Å². The normalized spacial score (nSPS) is 14.8. The molecule has 33 heavy (non-hydrogen) atoms. The van der Waals surface area contributed by atoms with Gasteiger partial charge in [-0.3, -0.25) is 4.79 Å². The zero-order chi connectivity index (χ0) is 24.0. The average Bonchev–Trinajstić information content (AvgIpc) is 2.83. The first-order chi connectivity index (χ1) is 15.8. The van der Waals surface area contributed by atoms with E-state index in [2.05, 4.69) is 0 Å². The summed E-state index contributed by atoms with van der Waals surface area (Å²) in [5.41, 5.74) is 0.693. The summed E-state index contributed by atoms with van der Waals surface area (Å²) in [5, 5.41) is 8.36. The fraction of sp³-hybridized carbons (Fsp3) is 0.273. The number of nitriles is 1. The van der Waals surface area contributed by atoms with E-state index < -0.39 is 15.8 Å². The first kappa shape index (κ1) is 24.5. The second kappa shape index (κ2) is 10.7. The highest BCUT2D eigenvalue weighted by atomic mass is 35.5. The van der Waals surface area contributed by atoms with Gasteiger partial charge < -0.3 is 14.4 Å². The molecule has 1 aliphatic rings. The van der Waals surface area contributed by atoms with E-state index in [0.29, 0.717) is 17.1 Å². The molecular formula is C22H21ClFN3O5S. The number of sulfonamides is 1. The second-order valence-electron chi connectivity index (χ2n) is 7.00. The summed E-state index contributed by atoms with van der Waals surface area (Å²) in [7, 11) is -2.37. The lowest BCUT2D eigenvalue weighted by atomic mass is 10.2. The van der Waals surface area contributed by atoms with Crippen LogP contribution in [0.3, 0.4) is 0 Å². The second-order valence-corrected chi connectivity index (χ2v) is 9.34. The molecule has 0 bridgehead atoms. The molecule has 0 radical (unpaired) electrons. The van der Waals surface area contributed by atoms with Crippen molar-refractivity contribution in [2.24, 2.45) is 0 Å². The van der Waals surface area contributed by atoms with Gasteiger partial charge in [0.2, 0.25) is 15.9 Å². The molecule has 0 aliphatic carbocycles. The number of methoxy groups -OCH3 is 1. The number of hydrogen-bond donors (Lipinski definition) is 0. The Bertz CT molecular complexity index is 1200. The molecule has 2 aromatic carbocycles. The van der Waals surface area contributed by atoms with Crippen LogP contribution in [0.15, 0.2) is 47.4 Å². The number of hydrogen-bond acceptors (Lipinski definition) is 6. The fourth-order valence-corrected chi connectivity index (χ4v) is 4.92. The molecule has 0 spiro atoms. The van der Waals surface area contributed by atoms with Crippen LogP contribution in [0.1, 0.15) is 5.56 Å². The molecule has 0 aromatic heterocycles. The molecular weight excluding hydrogens is 473 g/mol. The predicted octanol–water partition coefficient (Wildman–Crippen LogP) is 2.94. The number of carbonyl (C=O) groups excluding carboxylic acids is 1. The Labute approximate surface area is 196 Å². The lowest BCUT2D eigenvalue weighted by Gasteiger charge is -2.33. The molecule has 1 fully saturated rings. The van der Waals surface area contributed by atoms with Crippen LogP contribution in [0.5, 0.6) is 11.5 Å². The molecule has 1 saturated heterocycles. The molecule has 1 aliphatic heterocycles. The van der Waals surface area contributed by atoms with Gasteiger partial charge in [0.25, 0.3) is 0 Å². The maximum Gasteiger partial charge on any atom is 0.246 e. The van der Waals surface area contributed by atoms with Crippen LogP contribution < -0.4 is 9.47 Å². The Morgan fingerprint density at radius 1 is 1.18 bits per heavy atom. The molecule has 8 nitrogen and oxygen atoms in total. The lowest BCUT2D eigenvalue weighted by molar-refractivity contribution is -0.127. The third-order valence-electron chi connectivity index (χ3n) is 4.98. The summed E-state index contributed by atoms with van der Waals surface area (Å²) in [4.78, 5) is 14.0. The largest absolute Gasteiger partial charge is 0.493 e. The summed E-state index contributed by atoms with van der Waals surface area (Å²) in [6.45, 7) is 0.522. The summed E-state index contributed by atoms with van der Waals surface area (Å²) in [5.74, 6) is -0.109. The molecule has 2 aromatic rings. The van der Waals surface area contributed by atoms with Crippen LogP contribution in [0.2, 0.25) is 5.02 Å². The number of amides is 1. The Kier molecular flexibility index (Phi) is 7.92. The number of benzene rings is 2. The van der Waals surface area contributed by atoms with Gasteiger partial charge in [-0.2, -0.15) is 9.57 Å². The van der Waals surface area contributed by atoms with Gasteiger partial charge in [0.05, 0.1) is 17.0 Å². The van der Waals surface area contributed by atoms with Crippen molar-refractivity contribution in [3.63, 3.8) is 0 Å². The Morgan fingerprint density at radius 3 is 2.55 bits per heavy atom. The number of halogens is 2. The van der Waals surface area contributed by atoms with E-state index in [1.165, 1.54) is 23.6 Å². The van der Waals surface area contributed by atoms with Gasteiger partial charge in [-0.05, 0) is 42.0 Å². The van der Waals surface area contributed by atoms with Crippen molar-refractivity contribution in [1.82, 2.24) is 9.21 Å². The standard InChI is InChI=1S/C22H21ClFN3O5S/c1-31-21-14-16(2-6-20(21)32-13-8-25)3-7-22(28)26-9-11-27(12-10-26)33(29,30)17-4-5-19(24)18(23)15-17/h2-7,14-15H,9-13H2,1H3/b7-3+. The minimum Gasteiger partial charge on any atom is -0.493 e. The van der Waals surface area contributed by atoms with Crippen LogP contribution in [0, 0.1) is 17.1 Å². The van der Waals surface area contributed by atoms with Crippen molar-refractivity contribution in [3.05, 3.63) is 58.9 Å². The minimum absolute atomic E-state index is 0.0929. The molecule has 0 N–H and O–H groups in total. The van der Waals surface area contributed by atoms with Gasteiger partial charge in [-0.1, -0.05) is 17.7 Å². The molecule has 174 valence electrons. The highest BCUT2D eigenvalue weighted by Crippen LogP contribution is 2.28. The molecule has 0 unspecified atom stereocenters. The Hall–Kier alpha value is -3.13. The van der Waals surface area contributed by atoms with E-state index in [1.807, 2.05) is 6.07 Å². The van der Waals surface area contributed by atoms with E-state index >= 15 is 0 Å². The SMILES string of the molecule is COc1cc(/C=C/C(=O)N2CCN(S(=O)(=O)c3ccc(F)c(Cl)c3)CC2)ccc1OCC#N. The van der Waals surface area contributed by atoms with E-state index in [9.17, 15) is 17.6 Å². The molecule has 0 saturated carbocycles. The summed E-state index contributed by atoms with van der Waals surface area (Å²) < 4.78 is 50.7. The van der Waals surface area contributed by atoms with E-state index in [4.69, 9.17) is 26.3 Å². The third kappa shape index (κ3) is 5.82. The van der Waals surface area contributed by atoms with E-state index in [1.54, 1.807) is 29.2 Å². The summed E-state index contributed by atoms with van der Waals surface area (Å²) in [6, 6.07) is 10.2. The fourth-order valence-electron chi connectivity index (χ4n) is 3.23. The third-order valence-corrected chi connectivity index (χ3v) is 7.16. The van der Waals surface area contributed by atoms with Crippen molar-refractivity contribution in [1.29, 1.82) is 5.26 Å². The Morgan fingerprint density at radius 2 is 1.91 bits per heavy atom. The monoisotopic (exact) mass is 493 g/mol. The van der Waals surface area contributed by atoms with E-state index in [-0.39, 0.29) is 48.6 Å². The number of ether oxygens (including phenoxy) is 2. The number of carbonyl (C=O) groups is 1. The van der Waals surface area contributed by atoms with Gasteiger partial charge in [0.1, 0.15) is 11.9 Å². The zero-order valence-corrected chi connectivity index (χ0v) is 19.3. The van der Waals surface area contributed by atoms with Gasteiger partial charge in [-0.25, -0.2) is 12.8 Å². The highest BCUT2D eigenvalue weighted by Gasteiger charge is 2.30. The summed E-state index contributed by atoms with van der Waals surface area (Å²) >= 11 is 5.71. The highest BCUT2D eigenvalue weighted by molar-refractivity contribution is 7.89. The van der Waals surface area contributed by atoms with Crippen molar-refractivity contribution in [3.8, 4) is 17.6 Å². The first-order valence-electron chi connectivity index (χ1n) is 9.86. The number of nitrogens with zero attached hydrogens (tertiary/aromatic N) is 3. The predicted molar refractivity (Wildman–Crippen MR) is 120 cm³/mol. The van der Waals surface area contributed by atoms with Crippen molar-refractivity contribution >= 4 is 33.6 Å². The summed E-state index contributed by atoms with van der Waals surface area (Å²) in [6.07, 6.45) is 3.01. The average molecular weight is 494 g/mol. The van der Waals surface area contributed by atoms with Crippen molar-refractivity contribution < 1.29 is 27.1 Å². The van der Waals surface area contributed by atoms with E-state index in [0.717, 1.165) is 12.1 Å². The van der Waals surface area contributed by atoms with Crippen LogP contribution in [-0.2, 0) is 14.8 Å². The maximum atomic E-state index is 13.4. The van der Waals surface area contributed by atoms with Crippen LogP contribution in [-0.4, -0.2) is 63.4 Å². The first-order valence-corrected chi connectivity index (χ1v) is 11.7. The molecule has 0 atom stereocenters. The molecule has 3 rings (SSSR count). The number of rotatable bonds is 7. The van der Waals surface area contributed by atoms with Gasteiger partial charge in [-0.15, -0.1) is 0 Å². The quantitative estimate of drug-likeness (QED) is 0.550. The molecule has 1 amide bonds. The lowest BCUT2D eigenvalue weighted by Crippen LogP contribution is -2.50. The molecule has 1 heterocycles. The van der Waals surface area contributed by atoms with Crippen LogP contribution in [0.25, 0.3) is 6.08 Å². The Balaban J connectivity index is 1.62. The van der Waals surface area contributed by atoms with Crippen LogP contribution in [0.4, 0.5) is 4.39 Å². The van der Waals surface area contributed by atoms with Crippen LogP contribution >= 0.6 is 11.6 Å². The van der Waals surface area contributed by atoms with Gasteiger partial charge >= 0.3 is 0 Å². The minimum atomic E-state index is -3.84. The topological polar surface area (TPSA) is 99.9 Å². The van der Waals surface area contributed by atoms with Crippen molar-refractivity contribution in [2.75, 3.05) is 39.9 Å². The smallest absolute Gasteiger partial charge is 0.246 e. The zero-order valence-electron chi connectivity index (χ0n) is 17.7.